The second kappa shape index (κ2) is 8.04. The lowest BCUT2D eigenvalue weighted by Gasteiger charge is -2.33. The van der Waals surface area contributed by atoms with Gasteiger partial charge in [0.05, 0.1) is 12.2 Å². The zero-order chi connectivity index (χ0) is 16.8. The predicted molar refractivity (Wildman–Crippen MR) is 59.9 cm³/mol. The fourth-order valence-electron chi connectivity index (χ4n) is 1.24. The van der Waals surface area contributed by atoms with Gasteiger partial charge in [0.15, 0.2) is 0 Å². The van der Waals surface area contributed by atoms with Gasteiger partial charge < -0.3 is 15.3 Å². The molecule has 0 aliphatic rings. The minimum atomic E-state index is -5.86. The summed E-state index contributed by atoms with van der Waals surface area (Å²) >= 11 is 0. The van der Waals surface area contributed by atoms with Crippen molar-refractivity contribution in [1.82, 2.24) is 0 Å². The maximum absolute atomic E-state index is 11.9. The van der Waals surface area contributed by atoms with Crippen LogP contribution < -0.4 is 0 Å². The van der Waals surface area contributed by atoms with Crippen LogP contribution in [0.1, 0.15) is 40.0 Å². The molecule has 20 heavy (non-hydrogen) atoms. The van der Waals surface area contributed by atoms with Gasteiger partial charge in [-0.25, -0.2) is 0 Å². The molecule has 0 saturated carbocycles. The number of aliphatic hydroxyl groups excluding tert-OH is 2. The summed E-state index contributed by atoms with van der Waals surface area (Å²) in [5.41, 5.74) is -4.85. The smallest absolute Gasteiger partial charge is 0.393 e. The number of aliphatic hydroxyl groups is 3. The SMILES string of the molecule is CC(O)CC(O)(C(F)(F)F)C(F)(F)F.CCCC(C)O. The van der Waals surface area contributed by atoms with Crippen LogP contribution in [0.2, 0.25) is 0 Å². The van der Waals surface area contributed by atoms with E-state index in [0.29, 0.717) is 0 Å². The minimum Gasteiger partial charge on any atom is -0.393 e. The second-order valence-corrected chi connectivity index (χ2v) is 4.55. The normalized spacial score (nSPS) is 16.2. The number of rotatable bonds is 4. The fourth-order valence-corrected chi connectivity index (χ4v) is 1.24. The Morgan fingerprint density at radius 3 is 1.25 bits per heavy atom. The first-order valence-electron chi connectivity index (χ1n) is 5.91. The third kappa shape index (κ3) is 7.30. The van der Waals surface area contributed by atoms with Crippen molar-refractivity contribution < 1.29 is 41.7 Å². The van der Waals surface area contributed by atoms with Crippen molar-refractivity contribution in [2.75, 3.05) is 0 Å². The van der Waals surface area contributed by atoms with E-state index in [1.54, 1.807) is 0 Å². The van der Waals surface area contributed by atoms with E-state index >= 15 is 0 Å². The molecule has 0 aliphatic heterocycles. The maximum Gasteiger partial charge on any atom is 0.426 e. The molecule has 0 aromatic rings. The minimum absolute atomic E-state index is 0.102. The van der Waals surface area contributed by atoms with E-state index in [2.05, 4.69) is 6.92 Å². The molecule has 0 fully saturated rings. The Bertz CT molecular complexity index is 246. The highest BCUT2D eigenvalue weighted by atomic mass is 19.4. The average Bonchev–Trinajstić information content (AvgIpc) is 2.13. The Morgan fingerprint density at radius 1 is 0.850 bits per heavy atom. The van der Waals surface area contributed by atoms with Gasteiger partial charge in [0.1, 0.15) is 0 Å². The molecule has 0 rings (SSSR count). The Labute approximate surface area is 113 Å². The van der Waals surface area contributed by atoms with E-state index in [9.17, 15) is 26.3 Å². The zero-order valence-corrected chi connectivity index (χ0v) is 11.4. The van der Waals surface area contributed by atoms with Crippen molar-refractivity contribution in [1.29, 1.82) is 0 Å². The summed E-state index contributed by atoms with van der Waals surface area (Å²) in [7, 11) is 0. The molecular formula is C11H20F6O3. The van der Waals surface area contributed by atoms with Gasteiger partial charge in [-0.05, 0) is 20.3 Å². The van der Waals surface area contributed by atoms with Crippen LogP contribution in [0, 0.1) is 0 Å². The van der Waals surface area contributed by atoms with E-state index in [1.165, 1.54) is 0 Å². The molecule has 9 heteroatoms. The van der Waals surface area contributed by atoms with Gasteiger partial charge >= 0.3 is 12.4 Å². The molecule has 3 N–H and O–H groups in total. The first-order valence-corrected chi connectivity index (χ1v) is 5.91. The number of hydrogen-bond acceptors (Lipinski definition) is 3. The van der Waals surface area contributed by atoms with Crippen LogP contribution in [0.25, 0.3) is 0 Å². The Kier molecular flexibility index (Phi) is 8.74. The summed E-state index contributed by atoms with van der Waals surface area (Å²) in [6, 6.07) is 0. The monoisotopic (exact) mass is 314 g/mol. The van der Waals surface area contributed by atoms with Crippen molar-refractivity contribution in [3.63, 3.8) is 0 Å². The summed E-state index contributed by atoms with van der Waals surface area (Å²) in [5.74, 6) is 0. The zero-order valence-electron chi connectivity index (χ0n) is 11.4. The van der Waals surface area contributed by atoms with E-state index in [0.717, 1.165) is 19.8 Å². The lowest BCUT2D eigenvalue weighted by molar-refractivity contribution is -0.373. The van der Waals surface area contributed by atoms with Crippen molar-refractivity contribution in [2.45, 2.75) is 70.2 Å². The lowest BCUT2D eigenvalue weighted by Crippen LogP contribution is -2.58. The van der Waals surface area contributed by atoms with Crippen molar-refractivity contribution >= 4 is 0 Å². The molecule has 0 spiro atoms. The highest BCUT2D eigenvalue weighted by molar-refractivity contribution is 4.94. The lowest BCUT2D eigenvalue weighted by atomic mass is 9.95. The first-order chi connectivity index (χ1) is 8.69. The standard InChI is InChI=1S/C6H8F6O2.C5H12O/c1-3(13)2-4(14,5(7,8)9)6(10,11)12;1-3-4-5(2)6/h3,13-14H,2H2,1H3;5-6H,3-4H2,1-2H3. The third-order valence-corrected chi connectivity index (χ3v) is 2.24. The molecule has 0 radical (unpaired) electrons. The number of hydrogen-bond donors (Lipinski definition) is 3. The summed E-state index contributed by atoms with van der Waals surface area (Å²) in [6.45, 7) is 4.60. The van der Waals surface area contributed by atoms with Crippen LogP contribution in [0.5, 0.6) is 0 Å². The van der Waals surface area contributed by atoms with E-state index in [-0.39, 0.29) is 6.10 Å². The molecule has 0 aromatic carbocycles. The van der Waals surface area contributed by atoms with Crippen LogP contribution in [-0.2, 0) is 0 Å². The fraction of sp³-hybridized carbons (Fsp3) is 1.00. The molecule has 3 nitrogen and oxygen atoms in total. The Morgan fingerprint density at radius 2 is 1.20 bits per heavy atom. The van der Waals surface area contributed by atoms with Crippen LogP contribution in [0.3, 0.4) is 0 Å². The molecule has 0 heterocycles. The Hall–Kier alpha value is -0.540. The average molecular weight is 314 g/mol. The topological polar surface area (TPSA) is 60.7 Å². The third-order valence-electron chi connectivity index (χ3n) is 2.24. The maximum atomic E-state index is 11.9. The quantitative estimate of drug-likeness (QED) is 0.699. The van der Waals surface area contributed by atoms with Crippen molar-refractivity contribution in [3.05, 3.63) is 0 Å². The predicted octanol–water partition coefficient (Wildman–Crippen LogP) is 2.78. The first kappa shape index (κ1) is 21.8. The van der Waals surface area contributed by atoms with Gasteiger partial charge in [0.25, 0.3) is 5.60 Å². The van der Waals surface area contributed by atoms with Crippen LogP contribution in [-0.4, -0.2) is 45.5 Å². The molecule has 2 atom stereocenters. The highest BCUT2D eigenvalue weighted by Crippen LogP contribution is 2.45. The van der Waals surface area contributed by atoms with E-state index < -0.39 is 30.5 Å². The van der Waals surface area contributed by atoms with E-state index in [4.69, 9.17) is 15.3 Å². The highest BCUT2D eigenvalue weighted by Gasteiger charge is 2.70. The van der Waals surface area contributed by atoms with Gasteiger partial charge in [-0.15, -0.1) is 0 Å². The molecule has 0 saturated heterocycles. The number of alkyl halides is 6. The summed E-state index contributed by atoms with van der Waals surface area (Å²) in [5, 5.41) is 25.5. The number of halogens is 6. The van der Waals surface area contributed by atoms with Crippen LogP contribution in [0.15, 0.2) is 0 Å². The van der Waals surface area contributed by atoms with Gasteiger partial charge in [-0.3, -0.25) is 0 Å². The summed E-state index contributed by atoms with van der Waals surface area (Å²) in [6.07, 6.45) is -13.6. The van der Waals surface area contributed by atoms with Gasteiger partial charge in [-0.2, -0.15) is 26.3 Å². The molecule has 0 amide bonds. The summed E-state index contributed by atoms with van der Waals surface area (Å²) < 4.78 is 71.3. The summed E-state index contributed by atoms with van der Waals surface area (Å²) in [4.78, 5) is 0. The van der Waals surface area contributed by atoms with Gasteiger partial charge in [0, 0.05) is 6.42 Å². The second-order valence-electron chi connectivity index (χ2n) is 4.55. The molecule has 124 valence electrons. The molecule has 0 bridgehead atoms. The van der Waals surface area contributed by atoms with Crippen LogP contribution >= 0.6 is 0 Å². The largest absolute Gasteiger partial charge is 0.426 e. The molecular weight excluding hydrogens is 294 g/mol. The molecule has 2 unspecified atom stereocenters. The van der Waals surface area contributed by atoms with E-state index in [1.807, 2.05) is 6.92 Å². The van der Waals surface area contributed by atoms with Crippen molar-refractivity contribution in [2.24, 2.45) is 0 Å². The molecule has 0 aliphatic carbocycles. The van der Waals surface area contributed by atoms with Gasteiger partial charge in [0.2, 0.25) is 0 Å². The van der Waals surface area contributed by atoms with Gasteiger partial charge in [-0.1, -0.05) is 13.3 Å². The molecule has 0 aromatic heterocycles. The van der Waals surface area contributed by atoms with Crippen molar-refractivity contribution in [3.8, 4) is 0 Å². The van der Waals surface area contributed by atoms with Crippen LogP contribution in [0.4, 0.5) is 26.3 Å². The Balaban J connectivity index is 0.